The Balaban J connectivity index is -0.0000000399. The first-order valence-electron chi connectivity index (χ1n) is 4.73. The van der Waals surface area contributed by atoms with Crippen molar-refractivity contribution in [3.8, 4) is 0 Å². The van der Waals surface area contributed by atoms with Gasteiger partial charge in [-0.3, -0.25) is 10.5 Å². The average Bonchev–Trinajstić information content (AvgIpc) is 2.49. The van der Waals surface area contributed by atoms with Crippen molar-refractivity contribution >= 4 is 0 Å². The van der Waals surface area contributed by atoms with E-state index in [2.05, 4.69) is 0 Å². The highest BCUT2D eigenvalue weighted by molar-refractivity contribution is 4.07. The van der Waals surface area contributed by atoms with E-state index in [1.165, 1.54) is 0 Å². The van der Waals surface area contributed by atoms with E-state index in [0.717, 1.165) is 0 Å². The molecule has 0 bridgehead atoms. The minimum absolute atomic E-state index is 0.125. The summed E-state index contributed by atoms with van der Waals surface area (Å²) >= 11 is 0. The minimum Gasteiger partial charge on any atom is -0.394 e. The molecular weight excluding hydrogens is 256 g/mol. The highest BCUT2D eigenvalue weighted by atomic mass is 17.0. The van der Waals surface area contributed by atoms with E-state index in [-0.39, 0.29) is 52.9 Å². The van der Waals surface area contributed by atoms with Gasteiger partial charge >= 0.3 is 0 Å². The Morgan fingerprint density at radius 1 is 0.278 bits per heavy atom. The molecule has 0 heterocycles. The lowest BCUT2D eigenvalue weighted by molar-refractivity contribution is -0.176. The average molecular weight is 282 g/mol. The summed E-state index contributed by atoms with van der Waals surface area (Å²) in [6.07, 6.45) is 0. The molecule has 0 spiro atoms. The van der Waals surface area contributed by atoms with Crippen molar-refractivity contribution in [2.45, 2.75) is 0 Å². The molecule has 18 heavy (non-hydrogen) atoms. The van der Waals surface area contributed by atoms with Crippen LogP contribution in [0.1, 0.15) is 0 Å². The SMILES string of the molecule is OCCO.OCCO.OCCO.OCCO.OO. The molecule has 0 saturated carbocycles. The first-order chi connectivity index (χ1) is 8.66. The third kappa shape index (κ3) is 257. The van der Waals surface area contributed by atoms with E-state index in [0.29, 0.717) is 0 Å². The zero-order valence-corrected chi connectivity index (χ0v) is 10.1. The summed E-state index contributed by atoms with van der Waals surface area (Å²) in [6.45, 7) is -1.00. The molecule has 0 aliphatic rings. The number of aliphatic hydroxyl groups is 8. The quantitative estimate of drug-likeness (QED) is 0.178. The second-order valence-corrected chi connectivity index (χ2v) is 1.79. The van der Waals surface area contributed by atoms with Crippen LogP contribution in [0.25, 0.3) is 0 Å². The first-order valence-corrected chi connectivity index (χ1v) is 4.73. The predicted octanol–water partition coefficient (Wildman–Crippen LogP) is -4.10. The molecule has 0 fully saturated rings. The van der Waals surface area contributed by atoms with Crippen LogP contribution in [0.15, 0.2) is 0 Å². The molecule has 0 aromatic rings. The molecule has 0 amide bonds. The van der Waals surface area contributed by atoms with Crippen LogP contribution in [0.4, 0.5) is 0 Å². The van der Waals surface area contributed by atoms with Gasteiger partial charge in [0.1, 0.15) is 0 Å². The molecule has 0 atom stereocenters. The lowest BCUT2D eigenvalue weighted by atomic mass is 10.8. The maximum Gasteiger partial charge on any atom is 0.0662 e. The number of hydrogen-bond acceptors (Lipinski definition) is 10. The Hall–Kier alpha value is -0.400. The van der Waals surface area contributed by atoms with E-state index < -0.39 is 0 Å². The highest BCUT2D eigenvalue weighted by Crippen LogP contribution is 1.40. The topological polar surface area (TPSA) is 202 Å². The second-order valence-electron chi connectivity index (χ2n) is 1.79. The summed E-state index contributed by atoms with van der Waals surface area (Å²) in [6, 6.07) is 0. The van der Waals surface area contributed by atoms with Crippen LogP contribution in [0, 0.1) is 0 Å². The molecule has 0 aliphatic heterocycles. The van der Waals surface area contributed by atoms with E-state index >= 15 is 0 Å². The Labute approximate surface area is 105 Å². The summed E-state index contributed by atoms with van der Waals surface area (Å²) in [5.74, 6) is 0. The van der Waals surface area contributed by atoms with Crippen LogP contribution in [0.2, 0.25) is 0 Å². The minimum atomic E-state index is -0.125. The summed E-state index contributed by atoms with van der Waals surface area (Å²) in [7, 11) is 0. The van der Waals surface area contributed by atoms with Crippen molar-refractivity contribution in [3.63, 3.8) is 0 Å². The van der Waals surface area contributed by atoms with E-state index in [9.17, 15) is 0 Å². The van der Waals surface area contributed by atoms with Gasteiger partial charge < -0.3 is 40.9 Å². The standard InChI is InChI=1S/4C2H6O2.H2O2/c4*3-1-2-4;1-2/h4*3-4H,1-2H2;1-2H. The smallest absolute Gasteiger partial charge is 0.0662 e. The fraction of sp³-hybridized carbons (Fsp3) is 1.00. The molecule has 0 aromatic heterocycles. The van der Waals surface area contributed by atoms with E-state index in [4.69, 9.17) is 51.4 Å². The largest absolute Gasteiger partial charge is 0.394 e. The monoisotopic (exact) mass is 282 g/mol. The van der Waals surface area contributed by atoms with Crippen molar-refractivity contribution in [3.05, 3.63) is 0 Å². The van der Waals surface area contributed by atoms with Gasteiger partial charge in [-0.05, 0) is 0 Å². The fourth-order valence-corrected chi connectivity index (χ4v) is 0. The molecule has 0 saturated heterocycles. The maximum absolute atomic E-state index is 7.62. The summed E-state index contributed by atoms with van der Waals surface area (Å²) in [5, 5.41) is 73.0. The molecule has 10 heteroatoms. The van der Waals surface area contributed by atoms with Crippen molar-refractivity contribution in [1.82, 2.24) is 0 Å². The van der Waals surface area contributed by atoms with Gasteiger partial charge in [0.25, 0.3) is 0 Å². The van der Waals surface area contributed by atoms with Crippen molar-refractivity contribution in [2.24, 2.45) is 0 Å². The van der Waals surface area contributed by atoms with Gasteiger partial charge in [0.05, 0.1) is 52.9 Å². The predicted molar refractivity (Wildman–Crippen MR) is 61.9 cm³/mol. The van der Waals surface area contributed by atoms with E-state index in [1.807, 2.05) is 0 Å². The van der Waals surface area contributed by atoms with Crippen LogP contribution in [-0.4, -0.2) is 104 Å². The molecule has 0 aromatic carbocycles. The van der Waals surface area contributed by atoms with Gasteiger partial charge in [-0.25, -0.2) is 0 Å². The van der Waals surface area contributed by atoms with Gasteiger partial charge in [-0.2, -0.15) is 0 Å². The van der Waals surface area contributed by atoms with Crippen molar-refractivity contribution in [2.75, 3.05) is 52.9 Å². The van der Waals surface area contributed by atoms with Crippen LogP contribution < -0.4 is 0 Å². The van der Waals surface area contributed by atoms with Gasteiger partial charge in [0.2, 0.25) is 0 Å². The molecule has 118 valence electrons. The third-order valence-electron chi connectivity index (χ3n) is 0.400. The molecule has 0 unspecified atom stereocenters. The lowest BCUT2D eigenvalue weighted by Crippen LogP contribution is -1.85. The molecule has 0 aliphatic carbocycles. The van der Waals surface area contributed by atoms with Gasteiger partial charge in [-0.1, -0.05) is 0 Å². The summed E-state index contributed by atoms with van der Waals surface area (Å²) < 4.78 is 0. The summed E-state index contributed by atoms with van der Waals surface area (Å²) in [5.41, 5.74) is 0. The Bertz CT molecular complexity index is 41.8. The van der Waals surface area contributed by atoms with Gasteiger partial charge in [0.15, 0.2) is 0 Å². The Kier molecular flexibility index (Phi) is 119. The number of hydrogen-bond donors (Lipinski definition) is 10. The van der Waals surface area contributed by atoms with Crippen LogP contribution in [0.5, 0.6) is 0 Å². The first kappa shape index (κ1) is 30.5. The van der Waals surface area contributed by atoms with Crippen LogP contribution in [0.3, 0.4) is 0 Å². The van der Waals surface area contributed by atoms with Crippen molar-refractivity contribution < 1.29 is 51.4 Å². The maximum atomic E-state index is 7.62. The van der Waals surface area contributed by atoms with E-state index in [1.54, 1.807) is 0 Å². The van der Waals surface area contributed by atoms with Gasteiger partial charge in [0, 0.05) is 0 Å². The zero-order valence-electron chi connectivity index (χ0n) is 10.1. The van der Waals surface area contributed by atoms with Crippen LogP contribution >= 0.6 is 0 Å². The number of rotatable bonds is 4. The second kappa shape index (κ2) is 69.9. The fourth-order valence-electron chi connectivity index (χ4n) is 0. The zero-order chi connectivity index (χ0) is 15.7. The Morgan fingerprint density at radius 2 is 0.333 bits per heavy atom. The molecule has 10 nitrogen and oxygen atoms in total. The highest BCUT2D eigenvalue weighted by Gasteiger charge is 1.59. The van der Waals surface area contributed by atoms with Gasteiger partial charge in [-0.15, -0.1) is 0 Å². The molecular formula is C8H26O10. The molecule has 0 radical (unpaired) electrons. The lowest BCUT2D eigenvalue weighted by Gasteiger charge is -1.70. The molecule has 10 N–H and O–H groups in total. The number of aliphatic hydroxyl groups excluding tert-OH is 8. The van der Waals surface area contributed by atoms with Crippen molar-refractivity contribution in [1.29, 1.82) is 0 Å². The third-order valence-corrected chi connectivity index (χ3v) is 0.400. The molecule has 0 rings (SSSR count). The van der Waals surface area contributed by atoms with Crippen LogP contribution in [-0.2, 0) is 0 Å². The summed E-state index contributed by atoms with van der Waals surface area (Å²) in [4.78, 5) is 0. The Morgan fingerprint density at radius 3 is 0.333 bits per heavy atom. The normalized spacial score (nSPS) is 7.00.